The first-order chi connectivity index (χ1) is 16.0. The van der Waals surface area contributed by atoms with Gasteiger partial charge in [0.1, 0.15) is 5.76 Å². The lowest BCUT2D eigenvalue weighted by atomic mass is 10.1. The molecule has 0 spiro atoms. The van der Waals surface area contributed by atoms with Crippen molar-refractivity contribution in [3.05, 3.63) is 60.3 Å². The molecule has 1 aliphatic carbocycles. The zero-order valence-corrected chi connectivity index (χ0v) is 18.9. The maximum atomic E-state index is 13.2. The van der Waals surface area contributed by atoms with Crippen LogP contribution in [0.1, 0.15) is 68.3 Å². The van der Waals surface area contributed by atoms with E-state index in [0.717, 1.165) is 67.3 Å². The van der Waals surface area contributed by atoms with Gasteiger partial charge in [-0.25, -0.2) is 9.37 Å². The number of aromatic nitrogens is 3. The molecule has 1 fully saturated rings. The number of amides is 1. The van der Waals surface area contributed by atoms with Crippen molar-refractivity contribution in [1.82, 2.24) is 15.1 Å². The van der Waals surface area contributed by atoms with Crippen LogP contribution in [0.4, 0.5) is 10.1 Å². The topological polar surface area (TPSA) is 85.3 Å². The smallest absolute Gasteiger partial charge is 0.258 e. The molecule has 0 atom stereocenters. The molecule has 3 aromatic rings. The first-order valence-corrected chi connectivity index (χ1v) is 11.5. The monoisotopic (exact) mass is 452 g/mol. The van der Waals surface area contributed by atoms with E-state index < -0.39 is 5.83 Å². The van der Waals surface area contributed by atoms with Gasteiger partial charge in [-0.05, 0) is 50.8 Å². The molecule has 0 radical (unpaired) electrons. The highest BCUT2D eigenvalue weighted by Crippen LogP contribution is 2.39. The van der Waals surface area contributed by atoms with Crippen molar-refractivity contribution in [2.75, 3.05) is 11.4 Å². The molecule has 7 nitrogen and oxygen atoms in total. The highest BCUT2D eigenvalue weighted by atomic mass is 19.1. The van der Waals surface area contributed by atoms with Crippen LogP contribution in [0.15, 0.2) is 51.8 Å². The van der Waals surface area contributed by atoms with Crippen molar-refractivity contribution in [3.63, 3.8) is 0 Å². The van der Waals surface area contributed by atoms with Crippen LogP contribution in [0.3, 0.4) is 0 Å². The van der Waals surface area contributed by atoms with Crippen LogP contribution in [0.2, 0.25) is 0 Å². The molecular formula is C25H29FN4O3. The van der Waals surface area contributed by atoms with Crippen molar-refractivity contribution in [1.29, 1.82) is 0 Å². The van der Waals surface area contributed by atoms with E-state index in [1.54, 1.807) is 11.1 Å². The summed E-state index contributed by atoms with van der Waals surface area (Å²) in [7, 11) is 0. The third kappa shape index (κ3) is 6.37. The molecule has 174 valence electrons. The molecule has 1 saturated carbocycles. The van der Waals surface area contributed by atoms with Crippen LogP contribution in [-0.2, 0) is 11.2 Å². The van der Waals surface area contributed by atoms with Crippen molar-refractivity contribution in [3.8, 4) is 11.5 Å². The second kappa shape index (κ2) is 10.6. The van der Waals surface area contributed by atoms with Crippen molar-refractivity contribution in [2.45, 2.75) is 64.2 Å². The summed E-state index contributed by atoms with van der Waals surface area (Å²) in [5.41, 5.74) is 1.50. The number of nitrogens with zero attached hydrogens (tertiary/aromatic N) is 4. The summed E-state index contributed by atoms with van der Waals surface area (Å²) in [6.45, 7) is 5.68. The highest BCUT2D eigenvalue weighted by Gasteiger charge is 2.29. The predicted octanol–water partition coefficient (Wildman–Crippen LogP) is 5.92. The van der Waals surface area contributed by atoms with E-state index in [2.05, 4.69) is 21.7 Å². The van der Waals surface area contributed by atoms with Gasteiger partial charge in [0.25, 0.3) is 5.89 Å². The average molecular weight is 453 g/mol. The van der Waals surface area contributed by atoms with Gasteiger partial charge >= 0.3 is 0 Å². The number of benzene rings is 1. The van der Waals surface area contributed by atoms with Gasteiger partial charge in [-0.15, -0.1) is 0 Å². The number of anilines is 1. The molecule has 0 N–H and O–H groups in total. The number of aryl methyl sites for hydroxylation is 2. The summed E-state index contributed by atoms with van der Waals surface area (Å²) in [4.78, 5) is 23.4. The van der Waals surface area contributed by atoms with E-state index in [0.29, 0.717) is 18.4 Å². The number of halogens is 1. The van der Waals surface area contributed by atoms with Gasteiger partial charge in [0.2, 0.25) is 5.91 Å². The number of oxazole rings is 1. The van der Waals surface area contributed by atoms with Crippen LogP contribution < -0.4 is 4.90 Å². The largest absolute Gasteiger partial charge is 0.446 e. The number of allylic oxidation sites excluding steroid dienone is 1. The van der Waals surface area contributed by atoms with E-state index in [-0.39, 0.29) is 18.7 Å². The van der Waals surface area contributed by atoms with Gasteiger partial charge in [-0.2, -0.15) is 4.98 Å². The summed E-state index contributed by atoms with van der Waals surface area (Å²) < 4.78 is 24.1. The molecule has 0 bridgehead atoms. The lowest BCUT2D eigenvalue weighted by molar-refractivity contribution is -0.118. The van der Waals surface area contributed by atoms with E-state index in [1.165, 1.54) is 0 Å². The third-order valence-electron chi connectivity index (χ3n) is 5.64. The number of rotatable bonds is 12. The molecule has 1 aliphatic rings. The highest BCUT2D eigenvalue weighted by molar-refractivity contribution is 5.94. The first kappa shape index (κ1) is 22.9. The summed E-state index contributed by atoms with van der Waals surface area (Å²) in [5.74, 6) is 2.50. The number of carbonyl (C=O) groups excluding carboxylic acids is 1. The molecule has 0 unspecified atom stereocenters. The van der Waals surface area contributed by atoms with Gasteiger partial charge in [0.15, 0.2) is 11.7 Å². The summed E-state index contributed by atoms with van der Waals surface area (Å²) in [6, 6.07) is 7.50. The molecule has 1 aromatic carbocycles. The Balaban J connectivity index is 1.41. The second-order valence-electron chi connectivity index (χ2n) is 8.52. The van der Waals surface area contributed by atoms with E-state index in [9.17, 15) is 9.18 Å². The third-order valence-corrected chi connectivity index (χ3v) is 5.64. The van der Waals surface area contributed by atoms with Crippen LogP contribution in [0, 0.1) is 6.92 Å². The fourth-order valence-corrected chi connectivity index (χ4v) is 3.68. The van der Waals surface area contributed by atoms with Crippen LogP contribution in [0.25, 0.3) is 11.5 Å². The number of unbranched alkanes of at least 4 members (excludes halogenated alkanes) is 2. The van der Waals surface area contributed by atoms with E-state index in [4.69, 9.17) is 8.94 Å². The summed E-state index contributed by atoms with van der Waals surface area (Å²) >= 11 is 0. The van der Waals surface area contributed by atoms with Crippen LogP contribution in [0.5, 0.6) is 0 Å². The Kier molecular flexibility index (Phi) is 7.32. The van der Waals surface area contributed by atoms with Crippen molar-refractivity contribution < 1.29 is 18.1 Å². The fourth-order valence-electron chi connectivity index (χ4n) is 3.68. The van der Waals surface area contributed by atoms with Crippen molar-refractivity contribution >= 4 is 11.6 Å². The van der Waals surface area contributed by atoms with Crippen LogP contribution in [-0.4, -0.2) is 27.6 Å². The normalized spacial score (nSPS) is 13.3. The lowest BCUT2D eigenvalue weighted by Crippen LogP contribution is -2.31. The Bertz CT molecular complexity index is 1100. The Morgan fingerprint density at radius 3 is 2.82 bits per heavy atom. The average Bonchev–Trinajstić information content (AvgIpc) is 3.38. The molecular weight excluding hydrogens is 423 g/mol. The first-order valence-electron chi connectivity index (χ1n) is 11.5. The summed E-state index contributed by atoms with van der Waals surface area (Å²) in [6.07, 6.45) is 7.39. The summed E-state index contributed by atoms with van der Waals surface area (Å²) in [5, 5.41) is 4.08. The molecule has 2 aromatic heterocycles. The number of hydrogen-bond donors (Lipinski definition) is 0. The molecule has 2 heterocycles. The van der Waals surface area contributed by atoms with Crippen molar-refractivity contribution in [2.24, 2.45) is 0 Å². The molecule has 1 amide bonds. The zero-order valence-electron chi connectivity index (χ0n) is 18.9. The molecule has 4 rings (SSSR count). The van der Waals surface area contributed by atoms with Gasteiger partial charge in [0, 0.05) is 43.0 Å². The standard InChI is InChI=1S/C25H29FN4O3/c1-17(26)10-13-23(31)30(14-5-3-4-9-22-27-16-18(2)32-22)21-8-6-7-20(15-21)25-28-24(29-33-25)19-11-12-19/h6-8,15-16,19H,1,3-5,9-14H2,2H3. The minimum absolute atomic E-state index is 0.0208. The number of hydrogen-bond acceptors (Lipinski definition) is 6. The quantitative estimate of drug-likeness (QED) is 0.317. The second-order valence-corrected chi connectivity index (χ2v) is 8.52. The molecule has 0 saturated heterocycles. The Morgan fingerprint density at radius 1 is 1.24 bits per heavy atom. The Labute approximate surface area is 192 Å². The van der Waals surface area contributed by atoms with Gasteiger partial charge < -0.3 is 13.8 Å². The number of carbonyl (C=O) groups is 1. The van der Waals surface area contributed by atoms with Gasteiger partial charge in [-0.3, -0.25) is 4.79 Å². The van der Waals surface area contributed by atoms with E-state index >= 15 is 0 Å². The molecule has 0 aliphatic heterocycles. The molecule has 8 heteroatoms. The maximum Gasteiger partial charge on any atom is 0.258 e. The SMILES string of the molecule is C=C(F)CCC(=O)N(CCCCCc1ncc(C)o1)c1cccc(-c2nc(C3CC3)no2)c1. The van der Waals surface area contributed by atoms with Gasteiger partial charge in [0.05, 0.1) is 12.0 Å². The Morgan fingerprint density at radius 2 is 2.09 bits per heavy atom. The molecule has 33 heavy (non-hydrogen) atoms. The van der Waals surface area contributed by atoms with Crippen LogP contribution >= 0.6 is 0 Å². The van der Waals surface area contributed by atoms with Gasteiger partial charge in [-0.1, -0.05) is 24.2 Å². The fraction of sp³-hybridized carbons (Fsp3) is 0.440. The lowest BCUT2D eigenvalue weighted by Gasteiger charge is -2.23. The minimum atomic E-state index is -0.489. The minimum Gasteiger partial charge on any atom is -0.446 e. The van der Waals surface area contributed by atoms with E-state index in [1.807, 2.05) is 31.2 Å². The predicted molar refractivity (Wildman–Crippen MR) is 122 cm³/mol. The zero-order chi connectivity index (χ0) is 23.2. The maximum absolute atomic E-state index is 13.2. The Hall–Kier alpha value is -3.29.